The van der Waals surface area contributed by atoms with Gasteiger partial charge in [-0.15, -0.1) is 11.3 Å². The lowest BCUT2D eigenvalue weighted by molar-refractivity contribution is -0.148. The first-order chi connectivity index (χ1) is 15.7. The molecule has 3 heterocycles. The van der Waals surface area contributed by atoms with Crippen LogP contribution in [-0.2, 0) is 16.1 Å². The van der Waals surface area contributed by atoms with Crippen LogP contribution in [0.2, 0.25) is 10.0 Å². The Bertz CT molecular complexity index is 1070. The first-order valence-corrected chi connectivity index (χ1v) is 12.8. The summed E-state index contributed by atoms with van der Waals surface area (Å²) in [5, 5.41) is 1.03. The minimum atomic E-state index is -0.118. The smallest absolute Gasteiger partial charge is 0.265 e. The molecule has 1 aliphatic carbocycles. The molecule has 3 fully saturated rings. The van der Waals surface area contributed by atoms with Gasteiger partial charge < -0.3 is 14.5 Å². The zero-order valence-electron chi connectivity index (χ0n) is 18.7. The average molecular weight is 508 g/mol. The number of aromatic nitrogens is 1. The van der Waals surface area contributed by atoms with Crippen LogP contribution in [-0.4, -0.2) is 59.4 Å². The summed E-state index contributed by atoms with van der Waals surface area (Å²) in [6.07, 6.45) is 2.58. The van der Waals surface area contributed by atoms with Crippen LogP contribution in [0.4, 0.5) is 0 Å². The van der Waals surface area contributed by atoms with Crippen LogP contribution in [0.25, 0.3) is 0 Å². The Morgan fingerprint density at radius 3 is 2.55 bits per heavy atom. The van der Waals surface area contributed by atoms with Crippen molar-refractivity contribution < 1.29 is 14.3 Å². The number of carbonyl (C=O) groups is 2. The third kappa shape index (κ3) is 4.41. The number of thiazole rings is 1. The number of likely N-dealkylation sites (tertiary alicyclic amines) is 2. The molecule has 0 bridgehead atoms. The van der Waals surface area contributed by atoms with Crippen molar-refractivity contribution in [3.8, 4) is 0 Å². The number of halogens is 2. The van der Waals surface area contributed by atoms with Crippen LogP contribution in [0.1, 0.15) is 35.5 Å². The molecule has 176 valence electrons. The van der Waals surface area contributed by atoms with Crippen molar-refractivity contribution >= 4 is 46.4 Å². The zero-order chi connectivity index (χ0) is 23.4. The molecule has 2 amide bonds. The van der Waals surface area contributed by atoms with Crippen LogP contribution in [0, 0.1) is 22.7 Å². The number of amides is 2. The van der Waals surface area contributed by atoms with Gasteiger partial charge in [0.1, 0.15) is 4.88 Å². The van der Waals surface area contributed by atoms with E-state index in [1.165, 1.54) is 11.3 Å². The van der Waals surface area contributed by atoms with Gasteiger partial charge in [-0.3, -0.25) is 14.6 Å². The van der Waals surface area contributed by atoms with Crippen LogP contribution in [0.5, 0.6) is 0 Å². The molecular formula is C24H27Cl2N3O3S. The van der Waals surface area contributed by atoms with E-state index in [0.717, 1.165) is 12.0 Å². The maximum atomic E-state index is 13.0. The molecule has 6 nitrogen and oxygen atoms in total. The van der Waals surface area contributed by atoms with Gasteiger partial charge in [0.05, 0.1) is 35.0 Å². The maximum Gasteiger partial charge on any atom is 0.265 e. The van der Waals surface area contributed by atoms with Crippen molar-refractivity contribution in [2.45, 2.75) is 26.9 Å². The van der Waals surface area contributed by atoms with Gasteiger partial charge in [0.25, 0.3) is 5.91 Å². The van der Waals surface area contributed by atoms with E-state index < -0.39 is 0 Å². The minimum absolute atomic E-state index is 0.0111. The summed E-state index contributed by atoms with van der Waals surface area (Å²) >= 11 is 13.5. The van der Waals surface area contributed by atoms with Gasteiger partial charge in [0, 0.05) is 43.4 Å². The first-order valence-electron chi connectivity index (χ1n) is 11.2. The van der Waals surface area contributed by atoms with Crippen molar-refractivity contribution in [3.05, 3.63) is 50.4 Å². The lowest BCUT2D eigenvalue weighted by Crippen LogP contribution is -2.63. The molecule has 1 spiro atoms. The number of rotatable bonds is 6. The fraction of sp³-hybridized carbons (Fsp3) is 0.542. The van der Waals surface area contributed by atoms with Crippen molar-refractivity contribution in [2.24, 2.45) is 22.7 Å². The average Bonchev–Trinajstić information content (AvgIpc) is 3.15. The Balaban J connectivity index is 1.25. The molecule has 2 saturated heterocycles. The highest BCUT2D eigenvalue weighted by atomic mass is 35.5. The van der Waals surface area contributed by atoms with E-state index in [4.69, 9.17) is 27.9 Å². The Kier molecular flexibility index (Phi) is 5.96. The quantitative estimate of drug-likeness (QED) is 0.572. The molecule has 1 aromatic carbocycles. The van der Waals surface area contributed by atoms with Crippen molar-refractivity contribution in [1.82, 2.24) is 14.8 Å². The number of benzene rings is 1. The molecular weight excluding hydrogens is 481 g/mol. The van der Waals surface area contributed by atoms with Gasteiger partial charge in [-0.25, -0.2) is 0 Å². The van der Waals surface area contributed by atoms with Crippen LogP contribution >= 0.6 is 34.5 Å². The molecule has 0 N–H and O–H groups in total. The van der Waals surface area contributed by atoms with Crippen LogP contribution in [0.3, 0.4) is 0 Å². The van der Waals surface area contributed by atoms with E-state index in [2.05, 4.69) is 18.8 Å². The van der Waals surface area contributed by atoms with Crippen molar-refractivity contribution in [3.63, 3.8) is 0 Å². The summed E-state index contributed by atoms with van der Waals surface area (Å²) in [5.41, 5.74) is 2.63. The second-order valence-electron chi connectivity index (χ2n) is 10.3. The minimum Gasteiger partial charge on any atom is -0.376 e. The lowest BCUT2D eigenvalue weighted by Gasteiger charge is -2.51. The highest BCUT2D eigenvalue weighted by molar-refractivity contribution is 7.11. The normalized spacial score (nSPS) is 24.7. The molecule has 33 heavy (non-hydrogen) atoms. The Morgan fingerprint density at radius 2 is 1.91 bits per heavy atom. The predicted octanol–water partition coefficient (Wildman–Crippen LogP) is 4.61. The largest absolute Gasteiger partial charge is 0.376 e. The molecule has 2 atom stereocenters. The summed E-state index contributed by atoms with van der Waals surface area (Å²) in [5.74, 6) is 0.564. The SMILES string of the molecule is CC1(C)C[C@@H]1C(=O)N1CC2(CN(C(=O)c3cncs3)C[C@H]2COCc2ccc(Cl)c(Cl)c2)C1. The Labute approximate surface area is 207 Å². The number of hydrogen-bond donors (Lipinski definition) is 0. The monoisotopic (exact) mass is 507 g/mol. The fourth-order valence-electron chi connectivity index (χ4n) is 5.18. The van der Waals surface area contributed by atoms with E-state index in [1.807, 2.05) is 21.9 Å². The fourth-order valence-corrected chi connectivity index (χ4v) is 6.09. The third-order valence-electron chi connectivity index (χ3n) is 7.45. The molecule has 2 aliphatic heterocycles. The summed E-state index contributed by atoms with van der Waals surface area (Å²) < 4.78 is 6.08. The second kappa shape index (κ2) is 8.52. The Morgan fingerprint density at radius 1 is 1.18 bits per heavy atom. The van der Waals surface area contributed by atoms with Gasteiger partial charge >= 0.3 is 0 Å². The third-order valence-corrected chi connectivity index (χ3v) is 8.95. The van der Waals surface area contributed by atoms with Crippen LogP contribution in [0.15, 0.2) is 29.9 Å². The lowest BCUT2D eigenvalue weighted by atomic mass is 9.71. The summed E-state index contributed by atoms with van der Waals surface area (Å²) in [4.78, 5) is 34.5. The molecule has 1 aromatic heterocycles. The van der Waals surface area contributed by atoms with Gasteiger partial charge in [-0.1, -0.05) is 43.1 Å². The van der Waals surface area contributed by atoms with Gasteiger partial charge in [0.2, 0.25) is 5.91 Å². The molecule has 1 saturated carbocycles. The van der Waals surface area contributed by atoms with E-state index in [1.54, 1.807) is 17.8 Å². The van der Waals surface area contributed by atoms with Crippen LogP contribution < -0.4 is 0 Å². The van der Waals surface area contributed by atoms with E-state index in [9.17, 15) is 9.59 Å². The standard InChI is InChI=1S/C24H27Cl2N3O3S/c1-23(2)6-17(23)21(30)29-12-24(13-29)11-28(22(31)20-7-27-14-33-20)8-16(24)10-32-9-15-3-4-18(25)19(26)5-15/h3-5,7,14,16-17H,6,8-13H2,1-2H3/t16-,17+/m0/s1. The van der Waals surface area contributed by atoms with Gasteiger partial charge in [0.15, 0.2) is 0 Å². The number of hydrogen-bond acceptors (Lipinski definition) is 5. The van der Waals surface area contributed by atoms with Gasteiger partial charge in [-0.2, -0.15) is 0 Å². The zero-order valence-corrected chi connectivity index (χ0v) is 21.1. The molecule has 0 radical (unpaired) electrons. The summed E-state index contributed by atoms with van der Waals surface area (Å²) in [6, 6.07) is 5.48. The molecule has 0 unspecified atom stereocenters. The second-order valence-corrected chi connectivity index (χ2v) is 12.0. The van der Waals surface area contributed by atoms with E-state index in [0.29, 0.717) is 54.3 Å². The summed E-state index contributed by atoms with van der Waals surface area (Å²) in [7, 11) is 0. The highest BCUT2D eigenvalue weighted by Gasteiger charge is 2.60. The van der Waals surface area contributed by atoms with E-state index in [-0.39, 0.29) is 34.5 Å². The Hall–Kier alpha value is -1.67. The maximum absolute atomic E-state index is 13.0. The number of nitrogens with zero attached hydrogens (tertiary/aromatic N) is 3. The molecule has 2 aromatic rings. The van der Waals surface area contributed by atoms with Crippen molar-refractivity contribution in [1.29, 1.82) is 0 Å². The van der Waals surface area contributed by atoms with E-state index >= 15 is 0 Å². The molecule has 5 rings (SSSR count). The summed E-state index contributed by atoms with van der Waals surface area (Å²) in [6.45, 7) is 7.87. The predicted molar refractivity (Wildman–Crippen MR) is 129 cm³/mol. The molecule has 9 heteroatoms. The number of carbonyl (C=O) groups excluding carboxylic acids is 2. The molecule has 3 aliphatic rings. The first kappa shape index (κ1) is 23.1. The van der Waals surface area contributed by atoms with Crippen molar-refractivity contribution in [2.75, 3.05) is 32.8 Å². The van der Waals surface area contributed by atoms with Gasteiger partial charge in [-0.05, 0) is 29.5 Å². The number of ether oxygens (including phenoxy) is 1. The highest BCUT2D eigenvalue weighted by Crippen LogP contribution is 2.54. The topological polar surface area (TPSA) is 62.7 Å².